The number of para-hydroxylation sites is 2. The molecule has 1 saturated carbocycles. The predicted octanol–water partition coefficient (Wildman–Crippen LogP) is 4.29. The molecule has 0 atom stereocenters. The smallest absolute Gasteiger partial charge is 0.316 e. The third-order valence-corrected chi connectivity index (χ3v) is 7.01. The number of benzene rings is 1. The van der Waals surface area contributed by atoms with Crippen LogP contribution < -0.4 is 5.32 Å². The lowest BCUT2D eigenvalue weighted by atomic mass is 9.96. The topological polar surface area (TPSA) is 137 Å². The second-order valence-corrected chi connectivity index (χ2v) is 9.54. The first-order valence-electron chi connectivity index (χ1n) is 10.3. The van der Waals surface area contributed by atoms with Crippen LogP contribution in [0.3, 0.4) is 0 Å². The number of H-pyrrole nitrogens is 1. The highest BCUT2D eigenvalue weighted by atomic mass is 32.2. The summed E-state index contributed by atoms with van der Waals surface area (Å²) in [5, 5.41) is 32.1. The molecule has 1 fully saturated rings. The molecule has 3 aromatic rings. The van der Waals surface area contributed by atoms with E-state index in [2.05, 4.69) is 25.5 Å². The van der Waals surface area contributed by atoms with Gasteiger partial charge >= 0.3 is 5.97 Å². The molecule has 11 heteroatoms. The van der Waals surface area contributed by atoms with E-state index in [1.807, 2.05) is 24.3 Å². The first kappa shape index (κ1) is 22.1. The number of fused-ring (bicyclic) bond motifs is 1. The third kappa shape index (κ3) is 5.57. The quantitative estimate of drug-likeness (QED) is 0.190. The summed E-state index contributed by atoms with van der Waals surface area (Å²) in [6, 6.07) is 9.63. The molecule has 2 aromatic heterocycles. The van der Waals surface area contributed by atoms with Crippen molar-refractivity contribution in [2.45, 2.75) is 42.5 Å². The van der Waals surface area contributed by atoms with Crippen LogP contribution >= 0.6 is 23.1 Å². The molecular formula is C21H22N6O3S2. The van der Waals surface area contributed by atoms with Crippen LogP contribution in [-0.2, 0) is 9.53 Å². The van der Waals surface area contributed by atoms with Gasteiger partial charge in [-0.3, -0.25) is 4.79 Å². The molecule has 0 aliphatic heterocycles. The lowest BCUT2D eigenvalue weighted by Gasteiger charge is -2.21. The number of nitrogens with zero attached hydrogens (tertiary/aromatic N) is 4. The van der Waals surface area contributed by atoms with Gasteiger partial charge in [-0.2, -0.15) is 5.26 Å². The van der Waals surface area contributed by atoms with Crippen LogP contribution in [0.15, 0.2) is 34.4 Å². The number of esters is 1. The van der Waals surface area contributed by atoms with Crippen LogP contribution in [0.5, 0.6) is 0 Å². The first-order valence-corrected chi connectivity index (χ1v) is 12.1. The number of nitriles is 1. The van der Waals surface area contributed by atoms with Crippen LogP contribution in [0, 0.1) is 11.3 Å². The van der Waals surface area contributed by atoms with Gasteiger partial charge in [0.25, 0.3) is 0 Å². The number of rotatable bonds is 8. The highest BCUT2D eigenvalue weighted by Crippen LogP contribution is 2.28. The molecule has 2 heterocycles. The summed E-state index contributed by atoms with van der Waals surface area (Å²) in [7, 11) is 0. The Morgan fingerprint density at radius 3 is 2.91 bits per heavy atom. The van der Waals surface area contributed by atoms with E-state index in [4.69, 9.17) is 4.74 Å². The molecule has 0 radical (unpaired) electrons. The van der Waals surface area contributed by atoms with Crippen molar-refractivity contribution in [3.05, 3.63) is 35.8 Å². The van der Waals surface area contributed by atoms with E-state index in [9.17, 15) is 15.2 Å². The number of carbonyl (C=O) groups excluding carboxylic acids is 1. The van der Waals surface area contributed by atoms with Gasteiger partial charge < -0.3 is 20.1 Å². The fraction of sp³-hybridized carbons (Fsp3) is 0.381. The normalized spacial score (nSPS) is 15.2. The first-order chi connectivity index (χ1) is 15.6. The Kier molecular flexibility index (Phi) is 7.24. The van der Waals surface area contributed by atoms with Gasteiger partial charge in [0.05, 0.1) is 16.8 Å². The van der Waals surface area contributed by atoms with E-state index < -0.39 is 12.6 Å². The molecule has 0 spiro atoms. The van der Waals surface area contributed by atoms with Gasteiger partial charge in [0, 0.05) is 6.04 Å². The molecule has 0 amide bonds. The van der Waals surface area contributed by atoms with Gasteiger partial charge in [0.2, 0.25) is 5.13 Å². The van der Waals surface area contributed by atoms with Gasteiger partial charge in [-0.15, -0.1) is 10.2 Å². The number of thioether (sulfide) groups is 1. The Morgan fingerprint density at radius 1 is 1.31 bits per heavy atom. The number of imidazole rings is 1. The number of anilines is 1. The molecule has 4 rings (SSSR count). The van der Waals surface area contributed by atoms with Crippen LogP contribution in [0.1, 0.15) is 37.9 Å². The summed E-state index contributed by atoms with van der Waals surface area (Å²) in [5.41, 5.74) is 1.35. The molecule has 1 aliphatic carbocycles. The number of allylic oxidation sites excluding steroid dienone is 1. The van der Waals surface area contributed by atoms with E-state index in [1.165, 1.54) is 42.4 Å². The van der Waals surface area contributed by atoms with Crippen molar-refractivity contribution in [2.24, 2.45) is 0 Å². The monoisotopic (exact) mass is 470 g/mol. The largest absolute Gasteiger partial charge is 0.507 e. The van der Waals surface area contributed by atoms with E-state index in [-0.39, 0.29) is 22.9 Å². The standard InChI is InChI=1S/C21H22N6O3S2/c22-10-14(19-24-15-8-4-5-9-16(15)25-19)17(28)11-30-18(29)12-31-21-27-26-20(32-21)23-13-6-2-1-3-7-13/h4-5,8-9,13,28H,1-3,6-7,11-12H2,(H,23,26)(H,24,25)/b17-14-. The fourth-order valence-electron chi connectivity index (χ4n) is 3.46. The van der Waals surface area contributed by atoms with Crippen LogP contribution in [0.25, 0.3) is 16.6 Å². The van der Waals surface area contributed by atoms with Gasteiger partial charge in [-0.1, -0.05) is 54.5 Å². The maximum atomic E-state index is 12.1. The van der Waals surface area contributed by atoms with Crippen molar-refractivity contribution in [3.63, 3.8) is 0 Å². The van der Waals surface area contributed by atoms with E-state index >= 15 is 0 Å². The van der Waals surface area contributed by atoms with Gasteiger partial charge in [0.1, 0.15) is 18.2 Å². The summed E-state index contributed by atoms with van der Waals surface area (Å²) >= 11 is 2.63. The second-order valence-electron chi connectivity index (χ2n) is 7.34. The van der Waals surface area contributed by atoms with Crippen LogP contribution in [0.2, 0.25) is 0 Å². The minimum absolute atomic E-state index is 0.0257. The Labute approximate surface area is 192 Å². The van der Waals surface area contributed by atoms with Crippen molar-refractivity contribution in [1.29, 1.82) is 5.26 Å². The fourth-order valence-corrected chi connectivity index (χ4v) is 5.08. The third-order valence-electron chi connectivity index (χ3n) is 5.05. The number of hydrogen-bond acceptors (Lipinski definition) is 10. The maximum absolute atomic E-state index is 12.1. The van der Waals surface area contributed by atoms with Gasteiger partial charge in [0.15, 0.2) is 15.9 Å². The van der Waals surface area contributed by atoms with Crippen molar-refractivity contribution in [1.82, 2.24) is 20.2 Å². The Hall–Kier alpha value is -3.10. The molecule has 32 heavy (non-hydrogen) atoms. The molecule has 166 valence electrons. The Bertz CT molecular complexity index is 1130. The molecule has 9 nitrogen and oxygen atoms in total. The summed E-state index contributed by atoms with van der Waals surface area (Å²) < 4.78 is 5.78. The minimum atomic E-state index is -0.527. The van der Waals surface area contributed by atoms with Gasteiger partial charge in [-0.25, -0.2) is 4.98 Å². The molecule has 1 aromatic carbocycles. The lowest BCUT2D eigenvalue weighted by Crippen LogP contribution is -2.21. The summed E-state index contributed by atoms with van der Waals surface area (Å²) in [6.45, 7) is -0.413. The summed E-state index contributed by atoms with van der Waals surface area (Å²) in [4.78, 5) is 19.4. The number of aliphatic hydroxyl groups is 1. The minimum Gasteiger partial charge on any atom is -0.507 e. The van der Waals surface area contributed by atoms with Crippen molar-refractivity contribution < 1.29 is 14.6 Å². The van der Waals surface area contributed by atoms with Crippen molar-refractivity contribution >= 4 is 50.8 Å². The predicted molar refractivity (Wildman–Crippen MR) is 123 cm³/mol. The van der Waals surface area contributed by atoms with Crippen LogP contribution in [-0.4, -0.2) is 49.6 Å². The average molecular weight is 471 g/mol. The molecule has 0 unspecified atom stereocenters. The Balaban J connectivity index is 1.28. The molecule has 3 N–H and O–H groups in total. The zero-order valence-electron chi connectivity index (χ0n) is 17.2. The summed E-state index contributed by atoms with van der Waals surface area (Å²) in [6.07, 6.45) is 6.04. The van der Waals surface area contributed by atoms with E-state index in [0.29, 0.717) is 15.9 Å². The van der Waals surface area contributed by atoms with Crippen LogP contribution in [0.4, 0.5) is 5.13 Å². The Morgan fingerprint density at radius 2 is 2.12 bits per heavy atom. The molecular weight excluding hydrogens is 448 g/mol. The lowest BCUT2D eigenvalue weighted by molar-refractivity contribution is -0.140. The second kappa shape index (κ2) is 10.5. The number of hydrogen-bond donors (Lipinski definition) is 3. The van der Waals surface area contributed by atoms with Crippen molar-refractivity contribution in [2.75, 3.05) is 17.7 Å². The van der Waals surface area contributed by atoms with Gasteiger partial charge in [-0.05, 0) is 25.0 Å². The maximum Gasteiger partial charge on any atom is 0.316 e. The molecule has 1 aliphatic rings. The SMILES string of the molecule is N#C/C(=C(/O)COC(=O)CSc1nnc(NC2CCCCC2)s1)c1nc2ccccc2[nH]1. The average Bonchev–Trinajstić information content (AvgIpc) is 3.44. The molecule has 0 bridgehead atoms. The number of carbonyl (C=O) groups is 1. The number of nitrogens with one attached hydrogen (secondary N) is 2. The van der Waals surface area contributed by atoms with Crippen molar-refractivity contribution in [3.8, 4) is 6.07 Å². The number of aromatic amines is 1. The number of ether oxygens (including phenoxy) is 1. The summed E-state index contributed by atoms with van der Waals surface area (Å²) in [5.74, 6) is -0.638. The zero-order valence-corrected chi connectivity index (χ0v) is 18.8. The van der Waals surface area contributed by atoms with E-state index in [1.54, 1.807) is 6.07 Å². The zero-order chi connectivity index (χ0) is 22.3. The highest BCUT2D eigenvalue weighted by Gasteiger charge is 2.17. The number of aromatic nitrogens is 4. The van der Waals surface area contributed by atoms with E-state index in [0.717, 1.165) is 23.5 Å². The number of aliphatic hydroxyl groups excluding tert-OH is 1. The highest BCUT2D eigenvalue weighted by molar-refractivity contribution is 8.01. The molecule has 0 saturated heterocycles.